The van der Waals surface area contributed by atoms with Crippen LogP contribution in [0.5, 0.6) is 0 Å². The molecule has 2 fully saturated rings. The number of likely N-dealkylation sites (tertiary alicyclic amines) is 1. The molecule has 1 aromatic carbocycles. The Morgan fingerprint density at radius 3 is 2.33 bits per heavy atom. The molecule has 0 spiro atoms. The SMILES string of the molecule is Cc1cccc(N2CCN(C(=O)c3csc(C4CCN(C(=O)c5c(F)cccc5Cl)CC4)n3)CC2)n1. The van der Waals surface area contributed by atoms with Crippen molar-refractivity contribution in [2.75, 3.05) is 44.2 Å². The van der Waals surface area contributed by atoms with E-state index in [1.54, 1.807) is 4.90 Å². The maximum atomic E-state index is 14.2. The standard InChI is InChI=1S/C26H27ClFN5O2S/c1-17-4-2-7-22(29-17)31-12-14-33(15-13-31)25(34)21-16-36-24(30-21)18-8-10-32(11-9-18)26(35)23-19(27)5-3-6-20(23)28/h2-7,16,18H,8-15H2,1H3. The summed E-state index contributed by atoms with van der Waals surface area (Å²) in [4.78, 5) is 40.9. The molecule has 5 rings (SSSR count). The Morgan fingerprint density at radius 1 is 0.944 bits per heavy atom. The van der Waals surface area contributed by atoms with E-state index >= 15 is 0 Å². The van der Waals surface area contributed by atoms with Gasteiger partial charge in [-0.15, -0.1) is 11.3 Å². The van der Waals surface area contributed by atoms with E-state index in [-0.39, 0.29) is 28.3 Å². The van der Waals surface area contributed by atoms with Crippen molar-refractivity contribution in [2.24, 2.45) is 0 Å². The highest BCUT2D eigenvalue weighted by Gasteiger charge is 2.30. The molecule has 4 heterocycles. The van der Waals surface area contributed by atoms with Gasteiger partial charge >= 0.3 is 0 Å². The number of pyridine rings is 1. The summed E-state index contributed by atoms with van der Waals surface area (Å²) < 4.78 is 14.2. The maximum absolute atomic E-state index is 14.2. The molecule has 36 heavy (non-hydrogen) atoms. The van der Waals surface area contributed by atoms with Crippen LogP contribution in [-0.2, 0) is 0 Å². The highest BCUT2D eigenvalue weighted by molar-refractivity contribution is 7.09. The highest BCUT2D eigenvalue weighted by atomic mass is 35.5. The van der Waals surface area contributed by atoms with Gasteiger partial charge in [0.15, 0.2) is 0 Å². The predicted octanol–water partition coefficient (Wildman–Crippen LogP) is 4.62. The number of piperazine rings is 1. The van der Waals surface area contributed by atoms with E-state index in [4.69, 9.17) is 11.6 Å². The molecule has 7 nitrogen and oxygen atoms in total. The summed E-state index contributed by atoms with van der Waals surface area (Å²) >= 11 is 7.57. The second kappa shape index (κ2) is 10.5. The summed E-state index contributed by atoms with van der Waals surface area (Å²) in [7, 11) is 0. The van der Waals surface area contributed by atoms with Gasteiger partial charge in [-0.05, 0) is 44.0 Å². The van der Waals surface area contributed by atoms with Crippen LogP contribution >= 0.6 is 22.9 Å². The molecule has 2 aliphatic rings. The van der Waals surface area contributed by atoms with Gasteiger partial charge < -0.3 is 14.7 Å². The maximum Gasteiger partial charge on any atom is 0.273 e. The molecule has 2 amide bonds. The number of amides is 2. The molecule has 10 heteroatoms. The van der Waals surface area contributed by atoms with Gasteiger partial charge in [-0.1, -0.05) is 23.7 Å². The Balaban J connectivity index is 1.16. The van der Waals surface area contributed by atoms with Crippen LogP contribution in [-0.4, -0.2) is 70.9 Å². The third-order valence-electron chi connectivity index (χ3n) is 6.81. The Hall–Kier alpha value is -3.04. The van der Waals surface area contributed by atoms with Crippen molar-refractivity contribution in [1.29, 1.82) is 0 Å². The fourth-order valence-electron chi connectivity index (χ4n) is 4.77. The number of benzene rings is 1. The minimum absolute atomic E-state index is 0.0452. The number of halogens is 2. The number of hydrogen-bond acceptors (Lipinski definition) is 6. The van der Waals surface area contributed by atoms with Gasteiger partial charge in [0, 0.05) is 56.3 Å². The van der Waals surface area contributed by atoms with Gasteiger partial charge in [0.25, 0.3) is 11.8 Å². The second-order valence-electron chi connectivity index (χ2n) is 9.15. The molecule has 188 valence electrons. The van der Waals surface area contributed by atoms with Gasteiger partial charge in [-0.3, -0.25) is 9.59 Å². The minimum atomic E-state index is -0.603. The molecule has 3 aromatic rings. The first-order valence-corrected chi connectivity index (χ1v) is 13.3. The number of piperidine rings is 1. The van der Waals surface area contributed by atoms with Gasteiger partial charge in [-0.2, -0.15) is 0 Å². The van der Waals surface area contributed by atoms with Crippen molar-refractivity contribution in [3.63, 3.8) is 0 Å². The minimum Gasteiger partial charge on any atom is -0.353 e. The molecule has 0 radical (unpaired) electrons. The van der Waals surface area contributed by atoms with Gasteiger partial charge in [-0.25, -0.2) is 14.4 Å². The summed E-state index contributed by atoms with van der Waals surface area (Å²) in [5.74, 6) is 0.0810. The fraction of sp³-hybridized carbons (Fsp3) is 0.385. The van der Waals surface area contributed by atoms with E-state index in [9.17, 15) is 14.0 Å². The van der Waals surface area contributed by atoms with Crippen LogP contribution in [0.15, 0.2) is 41.8 Å². The molecule has 2 saturated heterocycles. The highest BCUT2D eigenvalue weighted by Crippen LogP contribution is 2.32. The molecule has 0 saturated carbocycles. The number of carbonyl (C=O) groups excluding carboxylic acids is 2. The molecule has 2 aromatic heterocycles. The zero-order chi connectivity index (χ0) is 25.2. The number of carbonyl (C=O) groups is 2. The Bertz CT molecular complexity index is 1250. The lowest BCUT2D eigenvalue weighted by molar-refractivity contribution is 0.0708. The van der Waals surface area contributed by atoms with Crippen molar-refractivity contribution in [2.45, 2.75) is 25.7 Å². The predicted molar refractivity (Wildman–Crippen MR) is 138 cm³/mol. The number of nitrogens with zero attached hydrogens (tertiary/aromatic N) is 5. The van der Waals surface area contributed by atoms with E-state index in [0.717, 1.165) is 29.6 Å². The fourth-order valence-corrected chi connectivity index (χ4v) is 5.98. The van der Waals surface area contributed by atoms with Crippen molar-refractivity contribution in [3.8, 4) is 0 Å². The zero-order valence-corrected chi connectivity index (χ0v) is 21.6. The summed E-state index contributed by atoms with van der Waals surface area (Å²) in [6, 6.07) is 10.2. The van der Waals surface area contributed by atoms with Gasteiger partial charge in [0.1, 0.15) is 17.3 Å². The number of thiazole rings is 1. The van der Waals surface area contributed by atoms with Crippen molar-refractivity contribution < 1.29 is 14.0 Å². The molecular formula is C26H27ClFN5O2S. The molecule has 0 atom stereocenters. The number of aryl methyl sites for hydroxylation is 1. The normalized spacial score (nSPS) is 16.9. The topological polar surface area (TPSA) is 69.6 Å². The third kappa shape index (κ3) is 5.08. The average Bonchev–Trinajstić information content (AvgIpc) is 3.39. The molecule has 0 N–H and O–H groups in total. The second-order valence-corrected chi connectivity index (χ2v) is 10.4. The zero-order valence-electron chi connectivity index (χ0n) is 20.0. The summed E-state index contributed by atoms with van der Waals surface area (Å²) in [6.07, 6.45) is 1.42. The Labute approximate surface area is 218 Å². The lowest BCUT2D eigenvalue weighted by Gasteiger charge is -2.35. The van der Waals surface area contributed by atoms with Crippen LogP contribution in [0, 0.1) is 12.7 Å². The van der Waals surface area contributed by atoms with E-state index < -0.39 is 5.82 Å². The van der Waals surface area contributed by atoms with Crippen molar-refractivity contribution in [3.05, 3.63) is 74.6 Å². The van der Waals surface area contributed by atoms with Crippen LogP contribution in [0.25, 0.3) is 0 Å². The first-order valence-electron chi connectivity index (χ1n) is 12.1. The number of aromatic nitrogens is 2. The van der Waals surface area contributed by atoms with Crippen LogP contribution < -0.4 is 4.90 Å². The van der Waals surface area contributed by atoms with Crippen LogP contribution in [0.4, 0.5) is 10.2 Å². The Morgan fingerprint density at radius 2 is 1.64 bits per heavy atom. The molecule has 0 aliphatic carbocycles. The van der Waals surface area contributed by atoms with Gasteiger partial charge in [0.05, 0.1) is 15.6 Å². The first-order chi connectivity index (χ1) is 17.4. The summed E-state index contributed by atoms with van der Waals surface area (Å²) in [6.45, 7) is 5.68. The van der Waals surface area contributed by atoms with E-state index in [1.807, 2.05) is 35.4 Å². The number of rotatable bonds is 4. The smallest absolute Gasteiger partial charge is 0.273 e. The molecule has 2 aliphatic heterocycles. The third-order valence-corrected chi connectivity index (χ3v) is 8.14. The number of hydrogen-bond donors (Lipinski definition) is 0. The van der Waals surface area contributed by atoms with Crippen LogP contribution in [0.2, 0.25) is 5.02 Å². The monoisotopic (exact) mass is 527 g/mol. The van der Waals surface area contributed by atoms with Gasteiger partial charge in [0.2, 0.25) is 0 Å². The van der Waals surface area contributed by atoms with Crippen LogP contribution in [0.3, 0.4) is 0 Å². The van der Waals surface area contributed by atoms with Crippen LogP contribution in [0.1, 0.15) is 50.3 Å². The average molecular weight is 528 g/mol. The van der Waals surface area contributed by atoms with E-state index in [2.05, 4.69) is 14.9 Å². The molecule has 0 unspecified atom stereocenters. The first kappa shape index (κ1) is 24.6. The quantitative estimate of drug-likeness (QED) is 0.495. The lowest BCUT2D eigenvalue weighted by Crippen LogP contribution is -2.49. The van der Waals surface area contributed by atoms with Crippen molar-refractivity contribution >= 4 is 40.6 Å². The Kier molecular flexibility index (Phi) is 7.20. The van der Waals surface area contributed by atoms with Crippen molar-refractivity contribution in [1.82, 2.24) is 19.8 Å². The van der Waals surface area contributed by atoms with E-state index in [1.165, 1.54) is 29.5 Å². The molecular weight excluding hydrogens is 501 g/mol. The summed E-state index contributed by atoms with van der Waals surface area (Å²) in [5, 5.41) is 2.88. The lowest BCUT2D eigenvalue weighted by atomic mass is 9.97. The van der Waals surface area contributed by atoms with E-state index in [0.29, 0.717) is 44.7 Å². The summed E-state index contributed by atoms with van der Waals surface area (Å²) in [5.41, 5.74) is 1.39. The number of anilines is 1. The molecule has 0 bridgehead atoms. The largest absolute Gasteiger partial charge is 0.353 e.